The van der Waals surface area contributed by atoms with E-state index in [-0.39, 0.29) is 5.91 Å². The maximum atomic E-state index is 12.4. The number of carbonyl (C=O) groups is 1. The van der Waals surface area contributed by atoms with Crippen LogP contribution in [0.3, 0.4) is 0 Å². The quantitative estimate of drug-likeness (QED) is 0.799. The van der Waals surface area contributed by atoms with E-state index in [0.29, 0.717) is 18.4 Å². The van der Waals surface area contributed by atoms with Gasteiger partial charge in [-0.2, -0.15) is 0 Å². The van der Waals surface area contributed by atoms with Gasteiger partial charge in [-0.3, -0.25) is 4.79 Å². The fourth-order valence-electron chi connectivity index (χ4n) is 2.66. The van der Waals surface area contributed by atoms with Crippen LogP contribution in [0.1, 0.15) is 35.5 Å². The van der Waals surface area contributed by atoms with Gasteiger partial charge in [-0.25, -0.2) is 0 Å². The lowest BCUT2D eigenvalue weighted by atomic mass is 9.91. The first-order valence-electron chi connectivity index (χ1n) is 6.67. The van der Waals surface area contributed by atoms with E-state index < -0.39 is 0 Å². The van der Waals surface area contributed by atoms with Crippen LogP contribution in [0.5, 0.6) is 0 Å². The van der Waals surface area contributed by atoms with Gasteiger partial charge in [-0.1, -0.05) is 25.7 Å². The van der Waals surface area contributed by atoms with Crippen LogP contribution in [-0.4, -0.2) is 30.4 Å². The van der Waals surface area contributed by atoms with Gasteiger partial charge in [0.05, 0.1) is 17.0 Å². The number of hydrogen-bond donors (Lipinski definition) is 1. The lowest BCUT2D eigenvalue weighted by molar-refractivity contribution is 0.0623. The molecule has 1 saturated heterocycles. The Labute approximate surface area is 118 Å². The average Bonchev–Trinajstić information content (AvgIpc) is 2.83. The van der Waals surface area contributed by atoms with Crippen LogP contribution < -0.4 is 5.73 Å². The predicted octanol–water partition coefficient (Wildman–Crippen LogP) is 2.18. The normalized spacial score (nSPS) is 22.8. The van der Waals surface area contributed by atoms with Crippen molar-refractivity contribution >= 4 is 17.2 Å². The van der Waals surface area contributed by atoms with Crippen molar-refractivity contribution in [3.8, 4) is 11.8 Å². The van der Waals surface area contributed by atoms with Gasteiger partial charge in [0, 0.05) is 18.5 Å². The zero-order valence-corrected chi connectivity index (χ0v) is 12.3. The number of carbonyl (C=O) groups excluding carboxylic acids is 1. The Morgan fingerprint density at radius 3 is 2.79 bits per heavy atom. The van der Waals surface area contributed by atoms with Crippen LogP contribution >= 0.6 is 11.3 Å². The van der Waals surface area contributed by atoms with Crippen LogP contribution in [0, 0.1) is 23.7 Å². The maximum absolute atomic E-state index is 12.4. The average molecular weight is 276 g/mol. The number of thiophene rings is 1. The highest BCUT2D eigenvalue weighted by atomic mass is 32.1. The SMILES string of the molecule is CC1CC(C)CN(C(=O)c2csc(C#CCN)c2)C1. The summed E-state index contributed by atoms with van der Waals surface area (Å²) in [5.74, 6) is 7.09. The highest BCUT2D eigenvalue weighted by molar-refractivity contribution is 7.10. The smallest absolute Gasteiger partial charge is 0.254 e. The van der Waals surface area contributed by atoms with E-state index in [1.165, 1.54) is 17.8 Å². The zero-order valence-electron chi connectivity index (χ0n) is 11.5. The number of piperidine rings is 1. The molecule has 2 heterocycles. The summed E-state index contributed by atoms with van der Waals surface area (Å²) in [5.41, 5.74) is 6.10. The fraction of sp³-hybridized carbons (Fsp3) is 0.533. The van der Waals surface area contributed by atoms with Crippen LogP contribution in [0.4, 0.5) is 0 Å². The number of nitrogens with two attached hydrogens (primary N) is 1. The van der Waals surface area contributed by atoms with E-state index in [1.807, 2.05) is 16.3 Å². The molecule has 2 rings (SSSR count). The third-order valence-electron chi connectivity index (χ3n) is 3.32. The third-order valence-corrected chi connectivity index (χ3v) is 4.16. The molecule has 1 aromatic rings. The Morgan fingerprint density at radius 1 is 1.47 bits per heavy atom. The van der Waals surface area contributed by atoms with Crippen molar-refractivity contribution in [3.05, 3.63) is 21.9 Å². The minimum atomic E-state index is 0.135. The molecule has 0 spiro atoms. The highest BCUT2D eigenvalue weighted by Gasteiger charge is 2.26. The topological polar surface area (TPSA) is 46.3 Å². The third kappa shape index (κ3) is 3.59. The van der Waals surface area contributed by atoms with Crippen LogP contribution in [0.15, 0.2) is 11.4 Å². The molecule has 1 aliphatic heterocycles. The number of likely N-dealkylation sites (tertiary alicyclic amines) is 1. The molecule has 0 radical (unpaired) electrons. The van der Waals surface area contributed by atoms with Crippen molar-refractivity contribution < 1.29 is 4.79 Å². The molecule has 4 heteroatoms. The van der Waals surface area contributed by atoms with Gasteiger partial charge in [0.2, 0.25) is 0 Å². The van der Waals surface area contributed by atoms with E-state index in [4.69, 9.17) is 5.73 Å². The van der Waals surface area contributed by atoms with E-state index >= 15 is 0 Å². The Balaban J connectivity index is 2.08. The molecular formula is C15H20N2OS. The van der Waals surface area contributed by atoms with E-state index in [9.17, 15) is 4.79 Å². The van der Waals surface area contributed by atoms with Gasteiger partial charge in [0.1, 0.15) is 0 Å². The summed E-state index contributed by atoms with van der Waals surface area (Å²) in [4.78, 5) is 15.3. The van der Waals surface area contributed by atoms with E-state index in [0.717, 1.165) is 23.5 Å². The number of hydrogen-bond acceptors (Lipinski definition) is 3. The molecule has 102 valence electrons. The van der Waals surface area contributed by atoms with Crippen molar-refractivity contribution in [1.29, 1.82) is 0 Å². The maximum Gasteiger partial charge on any atom is 0.254 e. The summed E-state index contributed by atoms with van der Waals surface area (Å²) in [6.07, 6.45) is 1.21. The number of nitrogens with zero attached hydrogens (tertiary/aromatic N) is 1. The molecule has 19 heavy (non-hydrogen) atoms. The summed E-state index contributed by atoms with van der Waals surface area (Å²) in [6, 6.07) is 1.87. The summed E-state index contributed by atoms with van der Waals surface area (Å²) < 4.78 is 0. The van der Waals surface area contributed by atoms with Crippen LogP contribution in [0.2, 0.25) is 0 Å². The molecule has 1 amide bonds. The molecule has 0 aromatic carbocycles. The predicted molar refractivity (Wildman–Crippen MR) is 79.1 cm³/mol. The van der Waals surface area contributed by atoms with Crippen LogP contribution in [0.25, 0.3) is 0 Å². The van der Waals surface area contributed by atoms with Gasteiger partial charge in [-0.05, 0) is 24.3 Å². The van der Waals surface area contributed by atoms with Crippen molar-refractivity contribution in [2.75, 3.05) is 19.6 Å². The van der Waals surface area contributed by atoms with Crippen molar-refractivity contribution in [2.45, 2.75) is 20.3 Å². The molecule has 3 nitrogen and oxygen atoms in total. The second-order valence-electron chi connectivity index (χ2n) is 5.36. The largest absolute Gasteiger partial charge is 0.338 e. The second-order valence-corrected chi connectivity index (χ2v) is 6.27. The molecule has 1 aliphatic rings. The number of amides is 1. The van der Waals surface area contributed by atoms with Gasteiger partial charge >= 0.3 is 0 Å². The highest BCUT2D eigenvalue weighted by Crippen LogP contribution is 2.23. The first-order valence-corrected chi connectivity index (χ1v) is 7.55. The molecule has 1 fully saturated rings. The summed E-state index contributed by atoms with van der Waals surface area (Å²) >= 11 is 1.51. The first-order chi connectivity index (χ1) is 9.10. The molecule has 2 unspecified atom stereocenters. The zero-order chi connectivity index (χ0) is 13.8. The minimum absolute atomic E-state index is 0.135. The summed E-state index contributed by atoms with van der Waals surface area (Å²) in [6.45, 7) is 6.50. The van der Waals surface area contributed by atoms with Crippen molar-refractivity contribution in [3.63, 3.8) is 0 Å². The lowest BCUT2D eigenvalue weighted by Crippen LogP contribution is -2.42. The van der Waals surface area contributed by atoms with Crippen molar-refractivity contribution in [1.82, 2.24) is 4.90 Å². The molecule has 0 aliphatic carbocycles. The first kappa shape index (κ1) is 14.1. The van der Waals surface area contributed by atoms with E-state index in [2.05, 4.69) is 25.7 Å². The molecule has 1 aromatic heterocycles. The molecule has 0 saturated carbocycles. The van der Waals surface area contributed by atoms with Gasteiger partial charge < -0.3 is 10.6 Å². The Kier molecular flexibility index (Phi) is 4.62. The second kappa shape index (κ2) is 6.23. The van der Waals surface area contributed by atoms with Gasteiger partial charge in [-0.15, -0.1) is 11.3 Å². The molecule has 0 bridgehead atoms. The lowest BCUT2D eigenvalue weighted by Gasteiger charge is -2.34. The Bertz CT molecular complexity index is 502. The Hall–Kier alpha value is -1.31. The van der Waals surface area contributed by atoms with Gasteiger partial charge in [0.25, 0.3) is 5.91 Å². The minimum Gasteiger partial charge on any atom is -0.338 e. The van der Waals surface area contributed by atoms with Crippen molar-refractivity contribution in [2.24, 2.45) is 17.6 Å². The molecule has 2 atom stereocenters. The summed E-state index contributed by atoms with van der Waals surface area (Å²) in [7, 11) is 0. The molecular weight excluding hydrogens is 256 g/mol. The monoisotopic (exact) mass is 276 g/mol. The van der Waals surface area contributed by atoms with Crippen LogP contribution in [-0.2, 0) is 0 Å². The fourth-order valence-corrected chi connectivity index (χ4v) is 3.41. The molecule has 2 N–H and O–H groups in total. The standard InChI is InChI=1S/C15H20N2OS/c1-11-6-12(2)9-17(8-11)15(18)13-7-14(19-10-13)4-3-5-16/h7,10-12H,5-6,8-9,16H2,1-2H3. The van der Waals surface area contributed by atoms with Gasteiger partial charge in [0.15, 0.2) is 0 Å². The van der Waals surface area contributed by atoms with E-state index in [1.54, 1.807) is 0 Å². The Morgan fingerprint density at radius 2 is 2.16 bits per heavy atom. The summed E-state index contributed by atoms with van der Waals surface area (Å²) in [5, 5.41) is 1.90. The number of rotatable bonds is 1.